The van der Waals surface area contributed by atoms with E-state index >= 15 is 0 Å². The molecule has 0 aliphatic rings. The van der Waals surface area contributed by atoms with Crippen LogP contribution in [0.3, 0.4) is 0 Å². The minimum atomic E-state index is -0.614. The van der Waals surface area contributed by atoms with Crippen LogP contribution in [0.25, 0.3) is 0 Å². The maximum Gasteiger partial charge on any atom is 0.337 e. The van der Waals surface area contributed by atoms with Crippen LogP contribution < -0.4 is 5.73 Å². The molecule has 0 fully saturated rings. The van der Waals surface area contributed by atoms with Gasteiger partial charge in [0.25, 0.3) is 0 Å². The summed E-state index contributed by atoms with van der Waals surface area (Å²) in [7, 11) is 1.21. The number of hydrogen-bond donors (Lipinski definition) is 1. The average Bonchev–Trinajstić information content (AvgIpc) is 2.16. The second-order valence-corrected chi connectivity index (χ2v) is 2.30. The fourth-order valence-electron chi connectivity index (χ4n) is 0.705. The third-order valence-electron chi connectivity index (χ3n) is 1.31. The van der Waals surface area contributed by atoms with Gasteiger partial charge in [-0.05, 0) is 0 Å². The maximum absolute atomic E-state index is 11.0. The Balaban J connectivity index is 4.53. The quantitative estimate of drug-likeness (QED) is 0.219. The summed E-state index contributed by atoms with van der Waals surface area (Å²) in [4.78, 5) is 20.5. The van der Waals surface area contributed by atoms with Gasteiger partial charge in [-0.25, -0.2) is 4.79 Å². The van der Waals surface area contributed by atoms with E-state index in [4.69, 9.17) is 5.73 Å². The highest BCUT2D eigenvalue weighted by Crippen LogP contribution is 1.99. The van der Waals surface area contributed by atoms with Crippen LogP contribution in [0.2, 0.25) is 0 Å². The van der Waals surface area contributed by atoms with Crippen molar-refractivity contribution in [1.29, 1.82) is 0 Å². The predicted molar refractivity (Wildman–Crippen MR) is 50.2 cm³/mol. The van der Waals surface area contributed by atoms with E-state index in [0.29, 0.717) is 0 Å². The lowest BCUT2D eigenvalue weighted by Crippen LogP contribution is -2.06. The van der Waals surface area contributed by atoms with Crippen LogP contribution in [0.15, 0.2) is 23.8 Å². The highest BCUT2D eigenvalue weighted by atomic mass is 16.6. The lowest BCUT2D eigenvalue weighted by Gasteiger charge is -1.97. The Morgan fingerprint density at radius 1 is 1.64 bits per heavy atom. The fourth-order valence-corrected chi connectivity index (χ4v) is 0.705. The van der Waals surface area contributed by atoms with Gasteiger partial charge >= 0.3 is 5.97 Å². The topological polar surface area (TPSA) is 95.5 Å². The van der Waals surface area contributed by atoms with Crippen molar-refractivity contribution < 1.29 is 14.5 Å². The molecule has 0 bridgehead atoms. The smallest absolute Gasteiger partial charge is 0.337 e. The lowest BCUT2D eigenvalue weighted by atomic mass is 10.2. The zero-order valence-electron chi connectivity index (χ0n) is 7.80. The molecule has 0 saturated carbocycles. The molecule has 0 atom stereocenters. The Morgan fingerprint density at radius 2 is 2.29 bits per heavy atom. The summed E-state index contributed by atoms with van der Waals surface area (Å²) in [6.45, 7) is -0.161. The van der Waals surface area contributed by atoms with Crippen molar-refractivity contribution in [3.05, 3.63) is 33.9 Å². The molecule has 0 aromatic carbocycles. The van der Waals surface area contributed by atoms with Crippen molar-refractivity contribution in [1.82, 2.24) is 0 Å². The van der Waals surface area contributed by atoms with Crippen molar-refractivity contribution in [2.45, 2.75) is 0 Å². The molecule has 0 aromatic heterocycles. The van der Waals surface area contributed by atoms with Crippen LogP contribution >= 0.6 is 0 Å². The zero-order chi connectivity index (χ0) is 11.0. The van der Waals surface area contributed by atoms with E-state index in [1.165, 1.54) is 25.3 Å². The summed E-state index contributed by atoms with van der Waals surface area (Å²) in [5, 5.41) is 10.0. The predicted octanol–water partition coefficient (Wildman–Crippen LogP) is -0.123. The number of esters is 1. The summed E-state index contributed by atoms with van der Waals surface area (Å²) in [6.07, 6.45) is 4.09. The molecule has 6 nitrogen and oxygen atoms in total. The molecule has 0 aliphatic heterocycles. The first-order valence-electron chi connectivity index (χ1n) is 3.88. The van der Waals surface area contributed by atoms with Crippen LogP contribution in [0.5, 0.6) is 0 Å². The van der Waals surface area contributed by atoms with E-state index < -0.39 is 17.4 Å². The van der Waals surface area contributed by atoms with Gasteiger partial charge in [0.2, 0.25) is 6.54 Å². The van der Waals surface area contributed by atoms with E-state index in [9.17, 15) is 14.9 Å². The van der Waals surface area contributed by atoms with Gasteiger partial charge in [0, 0.05) is 17.5 Å². The largest absolute Gasteiger partial charge is 0.465 e. The molecule has 0 spiro atoms. The normalized spacial score (nSPS) is 11.7. The number of rotatable bonds is 5. The molecule has 6 heteroatoms. The maximum atomic E-state index is 11.0. The van der Waals surface area contributed by atoms with Gasteiger partial charge in [-0.1, -0.05) is 12.2 Å². The molecule has 0 heterocycles. The molecule has 0 amide bonds. The minimum Gasteiger partial charge on any atom is -0.465 e. The van der Waals surface area contributed by atoms with E-state index in [-0.39, 0.29) is 12.1 Å². The van der Waals surface area contributed by atoms with Crippen molar-refractivity contribution in [2.75, 3.05) is 20.2 Å². The summed E-state index contributed by atoms with van der Waals surface area (Å²) in [5.41, 5.74) is 5.31. The Bertz CT molecular complexity index is 271. The summed E-state index contributed by atoms with van der Waals surface area (Å²) in [5.74, 6) is -0.614. The summed E-state index contributed by atoms with van der Waals surface area (Å²) >= 11 is 0. The molecule has 14 heavy (non-hydrogen) atoms. The Morgan fingerprint density at radius 3 is 2.71 bits per heavy atom. The molecular weight excluding hydrogens is 188 g/mol. The van der Waals surface area contributed by atoms with Crippen LogP contribution in [0.4, 0.5) is 0 Å². The monoisotopic (exact) mass is 200 g/mol. The molecule has 0 rings (SSSR count). The highest BCUT2D eigenvalue weighted by Gasteiger charge is 2.06. The minimum absolute atomic E-state index is 0.134. The van der Waals surface area contributed by atoms with E-state index in [2.05, 4.69) is 4.74 Å². The highest BCUT2D eigenvalue weighted by molar-refractivity contribution is 5.91. The first-order valence-corrected chi connectivity index (χ1v) is 3.88. The second kappa shape index (κ2) is 6.79. The SMILES string of the molecule is COC(=O)C(/C=C\CN)=C/C[N+](=O)[O-]. The van der Waals surface area contributed by atoms with Gasteiger partial charge in [-0.3, -0.25) is 10.1 Å². The van der Waals surface area contributed by atoms with Crippen LogP contribution in [-0.2, 0) is 9.53 Å². The Hall–Kier alpha value is -1.69. The number of carbonyl (C=O) groups is 1. The van der Waals surface area contributed by atoms with E-state index in [1.54, 1.807) is 0 Å². The molecule has 0 radical (unpaired) electrons. The standard InChI is InChI=1S/C8H12N2O4/c1-14-8(11)7(3-2-5-9)4-6-10(12)13/h2-4H,5-6,9H2,1H3/b3-2-,7-4+. The Kier molecular flexibility index (Phi) is 5.97. The summed E-state index contributed by atoms with van der Waals surface area (Å²) in [6, 6.07) is 0. The van der Waals surface area contributed by atoms with Gasteiger partial charge in [-0.2, -0.15) is 0 Å². The van der Waals surface area contributed by atoms with Crippen LogP contribution in [0, 0.1) is 10.1 Å². The van der Waals surface area contributed by atoms with Crippen LogP contribution in [-0.4, -0.2) is 31.1 Å². The van der Waals surface area contributed by atoms with Crippen LogP contribution in [0.1, 0.15) is 0 Å². The van der Waals surface area contributed by atoms with Crippen molar-refractivity contribution in [3.63, 3.8) is 0 Å². The second-order valence-electron chi connectivity index (χ2n) is 2.30. The molecule has 0 aliphatic carbocycles. The molecular formula is C8H12N2O4. The molecule has 0 saturated heterocycles. The first-order chi connectivity index (χ1) is 6.61. The van der Waals surface area contributed by atoms with E-state index in [1.807, 2.05) is 0 Å². The van der Waals surface area contributed by atoms with Crippen molar-refractivity contribution in [2.24, 2.45) is 5.73 Å². The average molecular weight is 200 g/mol. The van der Waals surface area contributed by atoms with Gasteiger partial charge in [0.1, 0.15) is 0 Å². The van der Waals surface area contributed by atoms with Gasteiger partial charge in [0.05, 0.1) is 12.7 Å². The summed E-state index contributed by atoms with van der Waals surface area (Å²) < 4.78 is 4.42. The Labute approximate surface area is 81.2 Å². The zero-order valence-corrected chi connectivity index (χ0v) is 7.80. The van der Waals surface area contributed by atoms with Crippen molar-refractivity contribution >= 4 is 5.97 Å². The number of nitrogens with two attached hydrogens (primary N) is 1. The molecule has 0 unspecified atom stereocenters. The van der Waals surface area contributed by atoms with Gasteiger partial charge in [0.15, 0.2) is 0 Å². The van der Waals surface area contributed by atoms with E-state index in [0.717, 1.165) is 0 Å². The third-order valence-corrected chi connectivity index (χ3v) is 1.31. The number of hydrogen-bond acceptors (Lipinski definition) is 5. The molecule has 2 N–H and O–H groups in total. The third kappa shape index (κ3) is 5.04. The first kappa shape index (κ1) is 12.3. The molecule has 78 valence electrons. The fraction of sp³-hybridized carbons (Fsp3) is 0.375. The van der Waals surface area contributed by atoms with Gasteiger partial charge in [-0.15, -0.1) is 0 Å². The molecule has 0 aromatic rings. The lowest BCUT2D eigenvalue weighted by molar-refractivity contribution is -0.468. The number of ether oxygens (including phenoxy) is 1. The number of methoxy groups -OCH3 is 1. The number of carbonyl (C=O) groups excluding carboxylic acids is 1. The van der Waals surface area contributed by atoms with Crippen molar-refractivity contribution in [3.8, 4) is 0 Å². The number of nitro groups is 1. The number of nitrogens with zero attached hydrogens (tertiary/aromatic N) is 1. The van der Waals surface area contributed by atoms with Gasteiger partial charge < -0.3 is 10.5 Å².